The van der Waals surface area contributed by atoms with Crippen molar-refractivity contribution in [2.75, 3.05) is 0 Å². The maximum atomic E-state index is 14.0. The van der Waals surface area contributed by atoms with Crippen LogP contribution in [-0.2, 0) is 23.1 Å². The molecule has 0 bridgehead atoms. The molecule has 2 heterocycles. The number of nitrogens with zero attached hydrogens (tertiary/aromatic N) is 1. The fourth-order valence-electron chi connectivity index (χ4n) is 2.25. The van der Waals surface area contributed by atoms with Gasteiger partial charge in [-0.3, -0.25) is 0 Å². The topological polar surface area (TPSA) is 50.5 Å². The second kappa shape index (κ2) is 6.84. The lowest BCUT2D eigenvalue weighted by Gasteiger charge is -2.21. The average Bonchev–Trinajstić information content (AvgIpc) is 3.19. The first-order valence-corrected chi connectivity index (χ1v) is 9.28. The van der Waals surface area contributed by atoms with Crippen molar-refractivity contribution in [3.05, 3.63) is 76.4 Å². The van der Waals surface area contributed by atoms with E-state index in [1.54, 1.807) is 18.2 Å². The number of hydrogen-bond acceptors (Lipinski definition) is 4. The maximum absolute atomic E-state index is 14.0. The zero-order chi connectivity index (χ0) is 17.2. The molecule has 4 nitrogen and oxygen atoms in total. The van der Waals surface area contributed by atoms with E-state index in [0.29, 0.717) is 5.56 Å². The molecule has 126 valence electrons. The SMILES string of the molecule is O=S(=O)(c1c(F)cccc1F)N(Cc1ccoc1)Cc1cccs1. The van der Waals surface area contributed by atoms with Gasteiger partial charge in [-0.2, -0.15) is 4.31 Å². The fourth-order valence-corrected chi connectivity index (χ4v) is 4.56. The van der Waals surface area contributed by atoms with Gasteiger partial charge in [0.05, 0.1) is 12.5 Å². The number of furan rings is 1. The number of halogens is 2. The molecular weight excluding hydrogens is 356 g/mol. The van der Waals surface area contributed by atoms with Gasteiger partial charge in [-0.25, -0.2) is 17.2 Å². The molecule has 3 aromatic rings. The highest BCUT2D eigenvalue weighted by Gasteiger charge is 2.31. The van der Waals surface area contributed by atoms with Crippen LogP contribution < -0.4 is 0 Å². The van der Waals surface area contributed by atoms with Crippen molar-refractivity contribution in [3.8, 4) is 0 Å². The largest absolute Gasteiger partial charge is 0.472 e. The Kier molecular flexibility index (Phi) is 4.79. The highest BCUT2D eigenvalue weighted by atomic mass is 32.2. The predicted molar refractivity (Wildman–Crippen MR) is 85.8 cm³/mol. The van der Waals surface area contributed by atoms with E-state index in [1.165, 1.54) is 23.9 Å². The number of benzene rings is 1. The van der Waals surface area contributed by atoms with Crippen LogP contribution in [0, 0.1) is 11.6 Å². The van der Waals surface area contributed by atoms with Crippen LogP contribution in [0.5, 0.6) is 0 Å². The van der Waals surface area contributed by atoms with Gasteiger partial charge in [0, 0.05) is 23.5 Å². The van der Waals surface area contributed by atoms with Crippen molar-refractivity contribution in [1.29, 1.82) is 0 Å². The van der Waals surface area contributed by atoms with Gasteiger partial charge in [0.2, 0.25) is 10.0 Å². The highest BCUT2D eigenvalue weighted by Crippen LogP contribution is 2.26. The second-order valence-electron chi connectivity index (χ2n) is 5.03. The fraction of sp³-hybridized carbons (Fsp3) is 0.125. The van der Waals surface area contributed by atoms with Crippen LogP contribution >= 0.6 is 11.3 Å². The Morgan fingerprint density at radius 3 is 2.38 bits per heavy atom. The molecule has 3 rings (SSSR count). The molecule has 24 heavy (non-hydrogen) atoms. The Hall–Kier alpha value is -2.03. The molecule has 0 amide bonds. The Bertz CT molecular complexity index is 850. The molecule has 2 aromatic heterocycles. The summed E-state index contributed by atoms with van der Waals surface area (Å²) in [6, 6.07) is 8.14. The van der Waals surface area contributed by atoms with Crippen LogP contribution in [0.25, 0.3) is 0 Å². The number of rotatable bonds is 6. The zero-order valence-corrected chi connectivity index (χ0v) is 14.0. The van der Waals surface area contributed by atoms with Crippen molar-refractivity contribution in [3.63, 3.8) is 0 Å². The summed E-state index contributed by atoms with van der Waals surface area (Å²) in [4.78, 5) is -0.177. The van der Waals surface area contributed by atoms with Crippen LogP contribution in [0.15, 0.2) is 63.6 Å². The average molecular weight is 369 g/mol. The summed E-state index contributed by atoms with van der Waals surface area (Å²) in [7, 11) is -4.37. The summed E-state index contributed by atoms with van der Waals surface area (Å²) in [5.74, 6) is -2.23. The van der Waals surface area contributed by atoms with Crippen LogP contribution in [0.3, 0.4) is 0 Å². The van der Waals surface area contributed by atoms with E-state index in [0.717, 1.165) is 27.4 Å². The summed E-state index contributed by atoms with van der Waals surface area (Å²) in [6.45, 7) is -0.0382. The van der Waals surface area contributed by atoms with Gasteiger partial charge < -0.3 is 4.42 Å². The van der Waals surface area contributed by atoms with Crippen LogP contribution in [-0.4, -0.2) is 12.7 Å². The van der Waals surface area contributed by atoms with E-state index in [1.807, 2.05) is 5.38 Å². The smallest absolute Gasteiger partial charge is 0.249 e. The molecule has 0 spiro atoms. The third-order valence-electron chi connectivity index (χ3n) is 3.37. The number of hydrogen-bond donors (Lipinski definition) is 0. The van der Waals surface area contributed by atoms with Crippen molar-refractivity contribution in [2.45, 2.75) is 18.0 Å². The maximum Gasteiger partial charge on any atom is 0.249 e. The molecule has 0 atom stereocenters. The van der Waals surface area contributed by atoms with Gasteiger partial charge in [0.1, 0.15) is 11.6 Å². The van der Waals surface area contributed by atoms with E-state index in [9.17, 15) is 17.2 Å². The van der Waals surface area contributed by atoms with E-state index in [-0.39, 0.29) is 13.1 Å². The molecule has 0 saturated heterocycles. The monoisotopic (exact) mass is 369 g/mol. The molecule has 0 aliphatic carbocycles. The standard InChI is InChI=1S/C16H13F2NO3S2/c17-14-4-1-5-15(18)16(14)24(20,21)19(9-12-6-7-22-11-12)10-13-3-2-8-23-13/h1-8,11H,9-10H2. The first kappa shape index (κ1) is 16.8. The molecule has 8 heteroatoms. The Morgan fingerprint density at radius 2 is 1.79 bits per heavy atom. The van der Waals surface area contributed by atoms with Crippen molar-refractivity contribution in [2.24, 2.45) is 0 Å². The summed E-state index contributed by atoms with van der Waals surface area (Å²) in [6.07, 6.45) is 2.81. The molecule has 0 radical (unpaired) electrons. The number of sulfonamides is 1. The van der Waals surface area contributed by atoms with E-state index < -0.39 is 26.6 Å². The Balaban J connectivity index is 2.02. The summed E-state index contributed by atoms with van der Waals surface area (Å²) < 4.78 is 59.7. The lowest BCUT2D eigenvalue weighted by Crippen LogP contribution is -2.31. The minimum absolute atomic E-state index is 0.0129. The van der Waals surface area contributed by atoms with Crippen molar-refractivity contribution in [1.82, 2.24) is 4.31 Å². The third kappa shape index (κ3) is 3.40. The predicted octanol–water partition coefficient (Wildman–Crippen LogP) is 4.01. The van der Waals surface area contributed by atoms with Gasteiger partial charge in [-0.05, 0) is 29.6 Å². The molecule has 1 aromatic carbocycles. The van der Waals surface area contributed by atoms with Crippen molar-refractivity contribution >= 4 is 21.4 Å². The Labute approximate surface area is 142 Å². The first-order valence-electron chi connectivity index (χ1n) is 6.96. The molecule has 0 saturated carbocycles. The molecule has 0 N–H and O–H groups in total. The molecule has 0 aliphatic heterocycles. The molecule has 0 aliphatic rings. The molecular formula is C16H13F2NO3S2. The van der Waals surface area contributed by atoms with Gasteiger partial charge in [-0.1, -0.05) is 12.1 Å². The third-order valence-corrected chi connectivity index (χ3v) is 6.07. The second-order valence-corrected chi connectivity index (χ2v) is 7.94. The minimum atomic E-state index is -4.37. The van der Waals surface area contributed by atoms with E-state index in [4.69, 9.17) is 4.42 Å². The molecule has 0 fully saturated rings. The van der Waals surface area contributed by atoms with Crippen LogP contribution in [0.2, 0.25) is 0 Å². The lowest BCUT2D eigenvalue weighted by atomic mass is 10.3. The van der Waals surface area contributed by atoms with Crippen molar-refractivity contribution < 1.29 is 21.6 Å². The molecule has 0 unspecified atom stereocenters. The minimum Gasteiger partial charge on any atom is -0.472 e. The Morgan fingerprint density at radius 1 is 1.04 bits per heavy atom. The van der Waals surface area contributed by atoms with E-state index in [2.05, 4.69) is 0 Å². The van der Waals surface area contributed by atoms with Gasteiger partial charge >= 0.3 is 0 Å². The van der Waals surface area contributed by atoms with Gasteiger partial charge in [-0.15, -0.1) is 11.3 Å². The zero-order valence-electron chi connectivity index (χ0n) is 12.4. The summed E-state index contributed by atoms with van der Waals surface area (Å²) >= 11 is 1.37. The highest BCUT2D eigenvalue weighted by molar-refractivity contribution is 7.89. The normalized spacial score (nSPS) is 12.0. The van der Waals surface area contributed by atoms with Gasteiger partial charge in [0.15, 0.2) is 4.90 Å². The van der Waals surface area contributed by atoms with Crippen LogP contribution in [0.1, 0.15) is 10.4 Å². The van der Waals surface area contributed by atoms with Gasteiger partial charge in [0.25, 0.3) is 0 Å². The quantitative estimate of drug-likeness (QED) is 0.660. The first-order chi connectivity index (χ1) is 11.5. The van der Waals surface area contributed by atoms with E-state index >= 15 is 0 Å². The lowest BCUT2D eigenvalue weighted by molar-refractivity contribution is 0.393. The number of thiophene rings is 1. The summed E-state index contributed by atoms with van der Waals surface area (Å²) in [5.41, 5.74) is 0.590. The summed E-state index contributed by atoms with van der Waals surface area (Å²) in [5, 5.41) is 1.81. The van der Waals surface area contributed by atoms with Crippen LogP contribution in [0.4, 0.5) is 8.78 Å².